The van der Waals surface area contributed by atoms with Crippen LogP contribution in [0.2, 0.25) is 0 Å². The maximum atomic E-state index is 12.8. The molecule has 1 fully saturated rings. The van der Waals surface area contributed by atoms with Gasteiger partial charge in [0.1, 0.15) is 5.82 Å². The highest BCUT2D eigenvalue weighted by Crippen LogP contribution is 2.23. The molecule has 0 unspecified atom stereocenters. The first kappa shape index (κ1) is 19.4. The predicted octanol–water partition coefficient (Wildman–Crippen LogP) is 4.41. The first-order valence-electron chi connectivity index (χ1n) is 10.2. The molecule has 0 bridgehead atoms. The van der Waals surface area contributed by atoms with Crippen LogP contribution in [0.3, 0.4) is 0 Å². The Balaban J connectivity index is 1.51. The van der Waals surface area contributed by atoms with Gasteiger partial charge in [-0.25, -0.2) is 4.98 Å². The van der Waals surface area contributed by atoms with Crippen molar-refractivity contribution in [2.45, 2.75) is 39.0 Å². The molecule has 1 amide bonds. The summed E-state index contributed by atoms with van der Waals surface area (Å²) < 4.78 is 0. The van der Waals surface area contributed by atoms with Crippen molar-refractivity contribution in [1.82, 2.24) is 9.88 Å². The van der Waals surface area contributed by atoms with Crippen LogP contribution in [0.15, 0.2) is 48.7 Å². The number of carbonyl (C=O) groups is 1. The molecule has 4 heteroatoms. The number of piperidine rings is 1. The SMILES string of the molecule is CCCCN(C)c1ccc(C(=O)N2CCC(Cc3ccccc3)CC2)cn1. The van der Waals surface area contributed by atoms with Gasteiger partial charge in [-0.15, -0.1) is 0 Å². The largest absolute Gasteiger partial charge is 0.360 e. The molecule has 2 aromatic rings. The molecule has 27 heavy (non-hydrogen) atoms. The summed E-state index contributed by atoms with van der Waals surface area (Å²) in [6.07, 6.45) is 7.31. The normalized spacial score (nSPS) is 15.0. The van der Waals surface area contributed by atoms with Crippen LogP contribution in [-0.4, -0.2) is 42.5 Å². The van der Waals surface area contributed by atoms with E-state index in [1.165, 1.54) is 12.0 Å². The van der Waals surface area contributed by atoms with Crippen LogP contribution in [0.5, 0.6) is 0 Å². The highest BCUT2D eigenvalue weighted by atomic mass is 16.2. The van der Waals surface area contributed by atoms with Gasteiger partial charge in [-0.1, -0.05) is 43.7 Å². The summed E-state index contributed by atoms with van der Waals surface area (Å²) >= 11 is 0. The maximum absolute atomic E-state index is 12.8. The number of rotatable bonds is 7. The second kappa shape index (κ2) is 9.54. The van der Waals surface area contributed by atoms with Crippen molar-refractivity contribution < 1.29 is 4.79 Å². The number of nitrogens with zero attached hydrogens (tertiary/aromatic N) is 3. The zero-order chi connectivity index (χ0) is 19.1. The summed E-state index contributed by atoms with van der Waals surface area (Å²) in [7, 11) is 2.05. The number of carbonyl (C=O) groups excluding carboxylic acids is 1. The summed E-state index contributed by atoms with van der Waals surface area (Å²) in [4.78, 5) is 21.4. The van der Waals surface area contributed by atoms with Gasteiger partial charge in [0.15, 0.2) is 0 Å². The molecule has 0 saturated carbocycles. The average Bonchev–Trinajstić information content (AvgIpc) is 2.73. The molecule has 1 aliphatic heterocycles. The summed E-state index contributed by atoms with van der Waals surface area (Å²) in [6, 6.07) is 14.5. The van der Waals surface area contributed by atoms with Crippen molar-refractivity contribution in [3.63, 3.8) is 0 Å². The Hall–Kier alpha value is -2.36. The van der Waals surface area contributed by atoms with Crippen molar-refractivity contribution in [3.05, 3.63) is 59.8 Å². The summed E-state index contributed by atoms with van der Waals surface area (Å²) in [5.41, 5.74) is 2.10. The predicted molar refractivity (Wildman–Crippen MR) is 111 cm³/mol. The average molecular weight is 366 g/mol. The number of aromatic nitrogens is 1. The molecule has 3 rings (SSSR count). The van der Waals surface area contributed by atoms with Crippen molar-refractivity contribution in [1.29, 1.82) is 0 Å². The smallest absolute Gasteiger partial charge is 0.255 e. The standard InChI is InChI=1S/C23H31N3O/c1-3-4-14-25(2)22-11-10-21(18-24-22)23(27)26-15-12-20(13-16-26)17-19-8-6-5-7-9-19/h5-11,18,20H,3-4,12-17H2,1-2H3. The monoisotopic (exact) mass is 365 g/mol. The molecular formula is C23H31N3O. The first-order valence-corrected chi connectivity index (χ1v) is 10.2. The second-order valence-electron chi connectivity index (χ2n) is 7.61. The van der Waals surface area contributed by atoms with E-state index in [1.807, 2.05) is 17.0 Å². The lowest BCUT2D eigenvalue weighted by atomic mass is 9.90. The Morgan fingerprint density at radius 1 is 1.15 bits per heavy atom. The van der Waals surface area contributed by atoms with Gasteiger partial charge in [-0.2, -0.15) is 0 Å². The van der Waals surface area contributed by atoms with Crippen LogP contribution < -0.4 is 4.90 Å². The number of likely N-dealkylation sites (tertiary alicyclic amines) is 1. The molecule has 2 heterocycles. The molecular weight excluding hydrogens is 334 g/mol. The van der Waals surface area contributed by atoms with E-state index in [1.54, 1.807) is 6.20 Å². The molecule has 0 atom stereocenters. The molecule has 0 radical (unpaired) electrons. The lowest BCUT2D eigenvalue weighted by molar-refractivity contribution is 0.0690. The van der Waals surface area contributed by atoms with Crippen LogP contribution >= 0.6 is 0 Å². The Kier molecular flexibility index (Phi) is 6.86. The van der Waals surface area contributed by atoms with E-state index in [4.69, 9.17) is 0 Å². The lowest BCUT2D eigenvalue weighted by Gasteiger charge is -2.32. The molecule has 144 valence electrons. The number of pyridine rings is 1. The highest BCUT2D eigenvalue weighted by Gasteiger charge is 2.24. The van der Waals surface area contributed by atoms with Gasteiger partial charge < -0.3 is 9.80 Å². The van der Waals surface area contributed by atoms with Gasteiger partial charge in [0.25, 0.3) is 5.91 Å². The minimum atomic E-state index is 0.114. The fraction of sp³-hybridized carbons (Fsp3) is 0.478. The molecule has 4 nitrogen and oxygen atoms in total. The number of benzene rings is 1. The Bertz CT molecular complexity index is 706. The van der Waals surface area contributed by atoms with Gasteiger partial charge in [0, 0.05) is 32.9 Å². The fourth-order valence-corrected chi connectivity index (χ4v) is 3.72. The Labute approximate surface area is 163 Å². The minimum Gasteiger partial charge on any atom is -0.360 e. The molecule has 1 aromatic heterocycles. The van der Waals surface area contributed by atoms with E-state index in [0.29, 0.717) is 11.5 Å². The zero-order valence-electron chi connectivity index (χ0n) is 16.6. The Morgan fingerprint density at radius 3 is 2.52 bits per heavy atom. The number of unbranched alkanes of at least 4 members (excludes halogenated alkanes) is 1. The third-order valence-corrected chi connectivity index (χ3v) is 5.50. The number of amides is 1. The highest BCUT2D eigenvalue weighted by molar-refractivity contribution is 5.94. The number of hydrogen-bond donors (Lipinski definition) is 0. The van der Waals surface area contributed by atoms with Gasteiger partial charge in [-0.05, 0) is 49.3 Å². The van der Waals surface area contributed by atoms with Gasteiger partial charge in [-0.3, -0.25) is 4.79 Å². The van der Waals surface area contributed by atoms with E-state index >= 15 is 0 Å². The van der Waals surface area contributed by atoms with Crippen LogP contribution in [0, 0.1) is 5.92 Å². The van der Waals surface area contributed by atoms with Crippen LogP contribution in [0.25, 0.3) is 0 Å². The van der Waals surface area contributed by atoms with Crippen molar-refractivity contribution in [2.24, 2.45) is 5.92 Å². The molecule has 1 aliphatic rings. The summed E-state index contributed by atoms with van der Waals surface area (Å²) in [5.74, 6) is 1.72. The maximum Gasteiger partial charge on any atom is 0.255 e. The fourth-order valence-electron chi connectivity index (χ4n) is 3.72. The third kappa shape index (κ3) is 5.31. The number of anilines is 1. The van der Waals surface area contributed by atoms with Crippen molar-refractivity contribution in [3.8, 4) is 0 Å². The quantitative estimate of drug-likeness (QED) is 0.729. The van der Waals surface area contributed by atoms with Crippen LogP contribution in [0.1, 0.15) is 48.5 Å². The minimum absolute atomic E-state index is 0.114. The molecule has 1 saturated heterocycles. The lowest BCUT2D eigenvalue weighted by Crippen LogP contribution is -2.39. The third-order valence-electron chi connectivity index (χ3n) is 5.50. The molecule has 0 N–H and O–H groups in total. The van der Waals surface area contributed by atoms with Crippen molar-refractivity contribution in [2.75, 3.05) is 31.6 Å². The van der Waals surface area contributed by atoms with Crippen LogP contribution in [-0.2, 0) is 6.42 Å². The molecule has 1 aromatic carbocycles. The van der Waals surface area contributed by atoms with E-state index < -0.39 is 0 Å². The van der Waals surface area contributed by atoms with Gasteiger partial charge in [0.2, 0.25) is 0 Å². The van der Waals surface area contributed by atoms with E-state index in [2.05, 4.69) is 54.2 Å². The Morgan fingerprint density at radius 2 is 1.89 bits per heavy atom. The van der Waals surface area contributed by atoms with E-state index in [0.717, 1.165) is 51.1 Å². The second-order valence-corrected chi connectivity index (χ2v) is 7.61. The van der Waals surface area contributed by atoms with Crippen LogP contribution in [0.4, 0.5) is 5.82 Å². The molecule has 0 spiro atoms. The van der Waals surface area contributed by atoms with Gasteiger partial charge >= 0.3 is 0 Å². The summed E-state index contributed by atoms with van der Waals surface area (Å²) in [5, 5.41) is 0. The van der Waals surface area contributed by atoms with Crippen molar-refractivity contribution >= 4 is 11.7 Å². The summed E-state index contributed by atoms with van der Waals surface area (Å²) in [6.45, 7) is 4.86. The topological polar surface area (TPSA) is 36.4 Å². The molecule has 0 aliphatic carbocycles. The van der Waals surface area contributed by atoms with Gasteiger partial charge in [0.05, 0.1) is 5.56 Å². The van der Waals surface area contributed by atoms with E-state index in [-0.39, 0.29) is 5.91 Å². The number of hydrogen-bond acceptors (Lipinski definition) is 3. The van der Waals surface area contributed by atoms with E-state index in [9.17, 15) is 4.79 Å². The zero-order valence-corrected chi connectivity index (χ0v) is 16.6. The first-order chi connectivity index (χ1) is 13.2.